The smallest absolute Gasteiger partial charge is 0.357 e. The molecule has 140 valence electrons. The van der Waals surface area contributed by atoms with E-state index in [1.54, 1.807) is 66.5 Å². The second-order valence-corrected chi connectivity index (χ2v) is 6.48. The minimum Gasteiger partial charge on any atom is -0.497 e. The number of rotatable bonds is 4. The average Bonchev–Trinajstić information content (AvgIpc) is 2.71. The van der Waals surface area contributed by atoms with Gasteiger partial charge in [0.1, 0.15) is 10.9 Å². The summed E-state index contributed by atoms with van der Waals surface area (Å²) >= 11 is 5.82. The van der Waals surface area contributed by atoms with E-state index in [1.807, 2.05) is 6.07 Å². The van der Waals surface area contributed by atoms with E-state index in [9.17, 15) is 9.59 Å². The Morgan fingerprint density at radius 3 is 2.54 bits per heavy atom. The van der Waals surface area contributed by atoms with Crippen LogP contribution in [0.15, 0.2) is 70.5 Å². The van der Waals surface area contributed by atoms with Gasteiger partial charge in [-0.2, -0.15) is 4.98 Å². The van der Waals surface area contributed by atoms with Gasteiger partial charge in [-0.25, -0.2) is 14.3 Å². The van der Waals surface area contributed by atoms with E-state index in [-0.39, 0.29) is 0 Å². The molecule has 0 bridgehead atoms. The Morgan fingerprint density at radius 2 is 1.86 bits per heavy atom. The zero-order valence-corrected chi connectivity index (χ0v) is 15.6. The minimum atomic E-state index is -0.642. The van der Waals surface area contributed by atoms with Crippen LogP contribution >= 0.6 is 11.6 Å². The number of ether oxygens (including phenoxy) is 1. The number of fused-ring (bicyclic) bond motifs is 1. The molecule has 1 aromatic heterocycles. The van der Waals surface area contributed by atoms with E-state index >= 15 is 0 Å². The van der Waals surface area contributed by atoms with Crippen molar-refractivity contribution in [3.63, 3.8) is 0 Å². The van der Waals surface area contributed by atoms with E-state index in [0.717, 1.165) is 10.1 Å². The van der Waals surface area contributed by atoms with E-state index in [4.69, 9.17) is 16.3 Å². The Labute approximate surface area is 164 Å². The molecule has 0 radical (unpaired) electrons. The van der Waals surface area contributed by atoms with Crippen LogP contribution < -0.4 is 16.0 Å². The van der Waals surface area contributed by atoms with Gasteiger partial charge in [-0.3, -0.25) is 4.79 Å². The lowest BCUT2D eigenvalue weighted by Crippen LogP contribution is -2.36. The number of aromatic nitrogens is 4. The van der Waals surface area contributed by atoms with Gasteiger partial charge in [-0.15, -0.1) is 0 Å². The molecule has 2 aliphatic rings. The second-order valence-electron chi connectivity index (χ2n) is 6.10. The zero-order chi connectivity index (χ0) is 19.7. The molecule has 0 saturated heterocycles. The van der Waals surface area contributed by atoms with E-state index in [2.05, 4.69) is 9.97 Å². The Bertz CT molecular complexity index is 1210. The third kappa shape index (κ3) is 3.27. The lowest BCUT2D eigenvalue weighted by molar-refractivity contribution is 0.414. The first-order chi connectivity index (χ1) is 13.6. The van der Waals surface area contributed by atoms with E-state index < -0.39 is 11.2 Å². The molecule has 0 spiro atoms. The standard InChI is InChI=1S/C20H15ClN4O3/c1-28-15-7-5-14(6-8-15)25-19(26)16-3-2-10-24(18(16)23-20(25)27)12-13-4-9-17(21)22-11-13/h2-11H,12H2,1H3. The molecule has 0 fully saturated rings. The van der Waals surface area contributed by atoms with Gasteiger partial charge in [-0.1, -0.05) is 17.7 Å². The first-order valence-electron chi connectivity index (χ1n) is 8.44. The van der Waals surface area contributed by atoms with Gasteiger partial charge in [0, 0.05) is 12.4 Å². The van der Waals surface area contributed by atoms with E-state index in [0.29, 0.717) is 34.5 Å². The Hall–Kier alpha value is -3.45. The molecule has 0 unspecified atom stereocenters. The number of methoxy groups -OCH3 is 1. The van der Waals surface area contributed by atoms with Crippen molar-refractivity contribution < 1.29 is 4.74 Å². The number of benzene rings is 1. The number of nitrogens with zero attached hydrogens (tertiary/aromatic N) is 4. The molecule has 1 aromatic carbocycles. The number of hydrogen-bond donors (Lipinski definition) is 0. The van der Waals surface area contributed by atoms with Crippen LogP contribution in [0.3, 0.4) is 0 Å². The van der Waals surface area contributed by atoms with Crippen LogP contribution in [-0.2, 0) is 6.54 Å². The second kappa shape index (κ2) is 7.28. The SMILES string of the molecule is COc1ccc(-n2c(=O)nc3n(Cc4ccc(Cl)nc4)cccc-3c2=O)cc1. The van der Waals surface area contributed by atoms with Crippen LogP contribution in [0.2, 0.25) is 5.15 Å². The maximum atomic E-state index is 13.0. The van der Waals surface area contributed by atoms with Crippen molar-refractivity contribution in [1.82, 2.24) is 19.1 Å². The monoisotopic (exact) mass is 394 g/mol. The van der Waals surface area contributed by atoms with Gasteiger partial charge in [0.15, 0.2) is 5.82 Å². The predicted molar refractivity (Wildman–Crippen MR) is 106 cm³/mol. The average molecular weight is 395 g/mol. The van der Waals surface area contributed by atoms with Crippen molar-refractivity contribution in [3.8, 4) is 22.8 Å². The molecular weight excluding hydrogens is 380 g/mol. The van der Waals surface area contributed by atoms with Crippen LogP contribution in [0.25, 0.3) is 17.1 Å². The molecule has 0 aliphatic carbocycles. The topological polar surface area (TPSA) is 79.0 Å². The maximum absolute atomic E-state index is 13.0. The maximum Gasteiger partial charge on any atom is 0.357 e. The van der Waals surface area contributed by atoms with Crippen molar-refractivity contribution in [3.05, 3.63) is 92.5 Å². The van der Waals surface area contributed by atoms with Crippen LogP contribution in [-0.4, -0.2) is 26.2 Å². The molecule has 0 N–H and O–H groups in total. The van der Waals surface area contributed by atoms with Crippen LogP contribution in [0.5, 0.6) is 5.75 Å². The lowest BCUT2D eigenvalue weighted by Gasteiger charge is -2.15. The van der Waals surface area contributed by atoms with Crippen molar-refractivity contribution in [1.29, 1.82) is 0 Å². The first-order valence-corrected chi connectivity index (χ1v) is 8.82. The molecule has 7 nitrogen and oxygen atoms in total. The minimum absolute atomic E-state index is 0.317. The molecule has 4 rings (SSSR count). The van der Waals surface area contributed by atoms with Crippen LogP contribution in [0.1, 0.15) is 5.56 Å². The highest BCUT2D eigenvalue weighted by Gasteiger charge is 2.18. The van der Waals surface area contributed by atoms with Crippen LogP contribution in [0.4, 0.5) is 0 Å². The quantitative estimate of drug-likeness (QED) is 0.497. The third-order valence-electron chi connectivity index (χ3n) is 4.34. The molecule has 0 amide bonds. The normalized spacial score (nSPS) is 10.9. The van der Waals surface area contributed by atoms with Crippen molar-refractivity contribution >= 4 is 11.6 Å². The summed E-state index contributed by atoms with van der Waals surface area (Å²) in [6.07, 6.45) is 3.41. The lowest BCUT2D eigenvalue weighted by atomic mass is 10.2. The van der Waals surface area contributed by atoms with Gasteiger partial charge >= 0.3 is 5.69 Å². The van der Waals surface area contributed by atoms with Gasteiger partial charge < -0.3 is 9.30 Å². The number of pyridine rings is 2. The molecule has 8 heteroatoms. The van der Waals surface area contributed by atoms with E-state index in [1.165, 1.54) is 0 Å². The molecule has 28 heavy (non-hydrogen) atoms. The molecule has 0 atom stereocenters. The molecule has 2 aromatic rings. The Kier molecular flexibility index (Phi) is 4.67. The van der Waals surface area contributed by atoms with Gasteiger partial charge in [-0.05, 0) is 48.0 Å². The van der Waals surface area contributed by atoms with Crippen molar-refractivity contribution in [2.45, 2.75) is 6.54 Å². The fourth-order valence-corrected chi connectivity index (χ4v) is 3.08. The number of hydrogen-bond acceptors (Lipinski definition) is 5. The number of halogens is 1. The summed E-state index contributed by atoms with van der Waals surface area (Å²) in [5, 5.41) is 0.397. The van der Waals surface area contributed by atoms with Gasteiger partial charge in [0.2, 0.25) is 0 Å². The highest BCUT2D eigenvalue weighted by Crippen LogP contribution is 2.17. The largest absolute Gasteiger partial charge is 0.497 e. The fraction of sp³-hybridized carbons (Fsp3) is 0.100. The van der Waals surface area contributed by atoms with Gasteiger partial charge in [0.25, 0.3) is 5.56 Å². The highest BCUT2D eigenvalue weighted by molar-refractivity contribution is 6.29. The molecule has 2 aliphatic heterocycles. The fourth-order valence-electron chi connectivity index (χ4n) is 2.97. The zero-order valence-electron chi connectivity index (χ0n) is 14.9. The Balaban J connectivity index is 1.83. The molecule has 3 heterocycles. The Morgan fingerprint density at radius 1 is 1.07 bits per heavy atom. The summed E-state index contributed by atoms with van der Waals surface area (Å²) in [6, 6.07) is 13.6. The summed E-state index contributed by atoms with van der Waals surface area (Å²) in [5.74, 6) is 0.949. The molecular formula is C20H15ClN4O3. The predicted octanol–water partition coefficient (Wildman–Crippen LogP) is 2.60. The first kappa shape index (κ1) is 17.9. The van der Waals surface area contributed by atoms with Gasteiger partial charge in [0.05, 0.1) is 24.9 Å². The van der Waals surface area contributed by atoms with Crippen molar-refractivity contribution in [2.24, 2.45) is 0 Å². The summed E-state index contributed by atoms with van der Waals surface area (Å²) in [5.41, 5.74) is 0.582. The highest BCUT2D eigenvalue weighted by atomic mass is 35.5. The molecule has 0 saturated carbocycles. The van der Waals surface area contributed by atoms with Crippen LogP contribution in [0, 0.1) is 0 Å². The summed E-state index contributed by atoms with van der Waals surface area (Å²) in [7, 11) is 1.55. The summed E-state index contributed by atoms with van der Waals surface area (Å²) in [4.78, 5) is 33.9. The summed E-state index contributed by atoms with van der Waals surface area (Å²) in [6.45, 7) is 0.403. The summed E-state index contributed by atoms with van der Waals surface area (Å²) < 4.78 is 7.91. The van der Waals surface area contributed by atoms with Crippen molar-refractivity contribution in [2.75, 3.05) is 7.11 Å². The third-order valence-corrected chi connectivity index (χ3v) is 4.56.